The SMILES string of the molecule is COc1ccc(CCC(=O)NCCCC(CCCN2CCCCCC23CCc2ccccc2C3)(c2ccccc2)c2ccccc2)cc1. The van der Waals surface area contributed by atoms with Crippen molar-refractivity contribution in [2.75, 3.05) is 26.7 Å². The third kappa shape index (κ3) is 8.21. The number of carbonyl (C=O) groups is 1. The minimum atomic E-state index is -0.103. The lowest BCUT2D eigenvalue weighted by Crippen LogP contribution is -2.52. The summed E-state index contributed by atoms with van der Waals surface area (Å²) in [6.45, 7) is 3.05. The predicted molar refractivity (Wildman–Crippen MR) is 198 cm³/mol. The maximum Gasteiger partial charge on any atom is 0.220 e. The molecule has 0 bridgehead atoms. The Morgan fingerprint density at radius 1 is 0.771 bits per heavy atom. The maximum atomic E-state index is 12.9. The van der Waals surface area contributed by atoms with E-state index in [0.717, 1.165) is 50.0 Å². The van der Waals surface area contributed by atoms with Gasteiger partial charge in [0.2, 0.25) is 5.91 Å². The van der Waals surface area contributed by atoms with Crippen molar-refractivity contribution < 1.29 is 9.53 Å². The number of amides is 1. The van der Waals surface area contributed by atoms with Crippen LogP contribution in [-0.4, -0.2) is 43.1 Å². The van der Waals surface area contributed by atoms with E-state index in [9.17, 15) is 4.79 Å². The summed E-state index contributed by atoms with van der Waals surface area (Å²) < 4.78 is 5.27. The standard InChI is InChI=1S/C44H54N2O2/c1-48-41-24-21-36(22-25-41)23-26-42(47)45-32-13-29-44(39-17-5-2-6-18-39,40-19-7-3-8-20-40)30-14-34-46-33-12-4-11-28-43(46)31-27-37-15-9-10-16-38(37)35-43/h2-3,5-10,15-22,24-25H,4,11-14,23,26-35H2,1H3,(H,45,47). The predicted octanol–water partition coefficient (Wildman–Crippen LogP) is 9.09. The van der Waals surface area contributed by atoms with Crippen molar-refractivity contribution in [2.24, 2.45) is 0 Å². The second kappa shape index (κ2) is 16.5. The molecule has 1 unspecified atom stereocenters. The smallest absolute Gasteiger partial charge is 0.220 e. The number of methoxy groups -OCH3 is 1. The van der Waals surface area contributed by atoms with E-state index in [-0.39, 0.29) is 11.3 Å². The van der Waals surface area contributed by atoms with Crippen molar-refractivity contribution in [1.82, 2.24) is 10.2 Å². The van der Waals surface area contributed by atoms with Crippen LogP contribution in [0.2, 0.25) is 0 Å². The molecule has 0 radical (unpaired) electrons. The molecule has 6 rings (SSSR count). The van der Waals surface area contributed by atoms with Gasteiger partial charge in [0.05, 0.1) is 7.11 Å². The zero-order chi connectivity index (χ0) is 33.1. The molecule has 1 amide bonds. The molecule has 1 aliphatic carbocycles. The van der Waals surface area contributed by atoms with Gasteiger partial charge in [-0.3, -0.25) is 9.69 Å². The zero-order valence-electron chi connectivity index (χ0n) is 29.0. The third-order valence-electron chi connectivity index (χ3n) is 11.3. The van der Waals surface area contributed by atoms with Crippen molar-refractivity contribution >= 4 is 5.91 Å². The topological polar surface area (TPSA) is 41.6 Å². The highest BCUT2D eigenvalue weighted by atomic mass is 16.5. The molecule has 2 aliphatic rings. The molecule has 4 nitrogen and oxygen atoms in total. The fourth-order valence-corrected chi connectivity index (χ4v) is 8.66. The number of nitrogens with one attached hydrogen (secondary N) is 1. The first-order valence-electron chi connectivity index (χ1n) is 18.4. The minimum Gasteiger partial charge on any atom is -0.497 e. The van der Waals surface area contributed by atoms with Crippen LogP contribution in [0.15, 0.2) is 109 Å². The Balaban J connectivity index is 1.14. The summed E-state index contributed by atoms with van der Waals surface area (Å²) in [4.78, 5) is 15.8. The Labute approximate surface area is 288 Å². The molecule has 0 aromatic heterocycles. The molecule has 4 aromatic carbocycles. The molecule has 48 heavy (non-hydrogen) atoms. The van der Waals surface area contributed by atoms with Gasteiger partial charge in [-0.25, -0.2) is 0 Å². The van der Waals surface area contributed by atoms with Crippen molar-refractivity contribution in [3.8, 4) is 5.75 Å². The molecule has 4 aromatic rings. The van der Waals surface area contributed by atoms with E-state index >= 15 is 0 Å². The number of benzene rings is 4. The number of ether oxygens (including phenoxy) is 1. The monoisotopic (exact) mass is 642 g/mol. The molecule has 1 spiro atoms. The Morgan fingerprint density at radius 3 is 2.15 bits per heavy atom. The van der Waals surface area contributed by atoms with Crippen molar-refractivity contribution in [3.05, 3.63) is 137 Å². The number of aryl methyl sites for hydroxylation is 2. The van der Waals surface area contributed by atoms with Gasteiger partial charge in [0, 0.05) is 23.9 Å². The average Bonchev–Trinajstić information content (AvgIpc) is 3.34. The summed E-state index contributed by atoms with van der Waals surface area (Å²) in [6.07, 6.45) is 14.4. The molecule has 252 valence electrons. The van der Waals surface area contributed by atoms with Gasteiger partial charge in [-0.2, -0.15) is 0 Å². The molecule has 1 atom stereocenters. The van der Waals surface area contributed by atoms with E-state index in [1.807, 2.05) is 24.3 Å². The number of hydrogen-bond acceptors (Lipinski definition) is 3. The molecular formula is C44H54N2O2. The average molecular weight is 643 g/mol. The Kier molecular flexibility index (Phi) is 11.7. The van der Waals surface area contributed by atoms with Crippen LogP contribution in [0.3, 0.4) is 0 Å². The van der Waals surface area contributed by atoms with Gasteiger partial charge in [-0.15, -0.1) is 0 Å². The minimum absolute atomic E-state index is 0.103. The van der Waals surface area contributed by atoms with Gasteiger partial charge < -0.3 is 10.1 Å². The van der Waals surface area contributed by atoms with E-state index in [1.165, 1.54) is 62.6 Å². The molecule has 1 heterocycles. The lowest BCUT2D eigenvalue weighted by atomic mass is 9.68. The van der Waals surface area contributed by atoms with Gasteiger partial charge in [0.25, 0.3) is 0 Å². The van der Waals surface area contributed by atoms with E-state index in [4.69, 9.17) is 4.74 Å². The van der Waals surface area contributed by atoms with E-state index < -0.39 is 0 Å². The van der Waals surface area contributed by atoms with Crippen LogP contribution in [0.5, 0.6) is 5.75 Å². The number of fused-ring (bicyclic) bond motifs is 1. The second-order valence-corrected chi connectivity index (χ2v) is 14.2. The number of carbonyl (C=O) groups excluding carboxylic acids is 1. The summed E-state index contributed by atoms with van der Waals surface area (Å²) in [5, 5.41) is 3.24. The van der Waals surface area contributed by atoms with Crippen LogP contribution in [0, 0.1) is 0 Å². The molecule has 1 aliphatic heterocycles. The third-order valence-corrected chi connectivity index (χ3v) is 11.3. The highest BCUT2D eigenvalue weighted by Gasteiger charge is 2.41. The fraction of sp³-hybridized carbons (Fsp3) is 0.432. The van der Waals surface area contributed by atoms with Crippen LogP contribution < -0.4 is 10.1 Å². The summed E-state index contributed by atoms with van der Waals surface area (Å²) in [5.74, 6) is 0.963. The number of nitrogens with zero attached hydrogens (tertiary/aromatic N) is 1. The Morgan fingerprint density at radius 2 is 1.44 bits per heavy atom. The molecule has 1 saturated heterocycles. The first-order valence-corrected chi connectivity index (χ1v) is 18.4. The highest BCUT2D eigenvalue weighted by Crippen LogP contribution is 2.43. The van der Waals surface area contributed by atoms with Gasteiger partial charge in [0.1, 0.15) is 5.75 Å². The largest absolute Gasteiger partial charge is 0.497 e. The quantitative estimate of drug-likeness (QED) is 0.140. The zero-order valence-corrected chi connectivity index (χ0v) is 29.0. The van der Waals surface area contributed by atoms with Crippen LogP contribution in [0.25, 0.3) is 0 Å². The van der Waals surface area contributed by atoms with Gasteiger partial charge in [0.15, 0.2) is 0 Å². The van der Waals surface area contributed by atoms with E-state index in [2.05, 4.69) is 95.1 Å². The lowest BCUT2D eigenvalue weighted by molar-refractivity contribution is -0.121. The number of rotatable bonds is 14. The molecule has 1 fully saturated rings. The van der Waals surface area contributed by atoms with E-state index in [1.54, 1.807) is 18.2 Å². The van der Waals surface area contributed by atoms with Gasteiger partial charge >= 0.3 is 0 Å². The number of likely N-dealkylation sites (tertiary alicyclic amines) is 1. The molecule has 0 saturated carbocycles. The van der Waals surface area contributed by atoms with Crippen LogP contribution in [0.4, 0.5) is 0 Å². The first kappa shape index (κ1) is 34.0. The van der Waals surface area contributed by atoms with Gasteiger partial charge in [-0.1, -0.05) is 110 Å². The van der Waals surface area contributed by atoms with E-state index in [0.29, 0.717) is 18.5 Å². The van der Waals surface area contributed by atoms with Crippen molar-refractivity contribution in [2.45, 2.75) is 94.4 Å². The van der Waals surface area contributed by atoms with Crippen LogP contribution in [-0.2, 0) is 29.5 Å². The van der Waals surface area contributed by atoms with Crippen LogP contribution >= 0.6 is 0 Å². The normalized spacial score (nSPS) is 18.2. The maximum absolute atomic E-state index is 12.9. The molecule has 1 N–H and O–H groups in total. The summed E-state index contributed by atoms with van der Waals surface area (Å²) in [5.41, 5.74) is 7.26. The lowest BCUT2D eigenvalue weighted by Gasteiger charge is -2.47. The fourth-order valence-electron chi connectivity index (χ4n) is 8.66. The Hall–Kier alpha value is -3.89. The summed E-state index contributed by atoms with van der Waals surface area (Å²) in [7, 11) is 1.67. The molecule has 4 heteroatoms. The summed E-state index contributed by atoms with van der Waals surface area (Å²) in [6, 6.07) is 39.5. The van der Waals surface area contributed by atoms with Crippen molar-refractivity contribution in [1.29, 1.82) is 0 Å². The first-order chi connectivity index (χ1) is 23.6. The summed E-state index contributed by atoms with van der Waals surface area (Å²) >= 11 is 0. The van der Waals surface area contributed by atoms with Gasteiger partial charge in [-0.05, 0) is 117 Å². The molecular weight excluding hydrogens is 588 g/mol. The highest BCUT2D eigenvalue weighted by molar-refractivity contribution is 5.76. The number of hydrogen-bond donors (Lipinski definition) is 1. The second-order valence-electron chi connectivity index (χ2n) is 14.2. The van der Waals surface area contributed by atoms with Crippen molar-refractivity contribution in [3.63, 3.8) is 0 Å². The van der Waals surface area contributed by atoms with Crippen LogP contribution in [0.1, 0.15) is 92.0 Å². The Bertz CT molecular complexity index is 1530.